The number of aromatic nitrogens is 3. The Morgan fingerprint density at radius 1 is 0.840 bits per heavy atom. The molecule has 1 N–H and O–H groups in total. The highest BCUT2D eigenvalue weighted by Gasteiger charge is 2.08. The second-order valence-corrected chi connectivity index (χ2v) is 6.31. The third-order valence-electron chi connectivity index (χ3n) is 4.63. The first-order valence-corrected chi connectivity index (χ1v) is 8.45. The lowest BCUT2D eigenvalue weighted by atomic mass is 10.1. The van der Waals surface area contributed by atoms with Crippen molar-refractivity contribution in [1.82, 2.24) is 14.5 Å². The third kappa shape index (κ3) is 2.50. The molecule has 0 aliphatic rings. The van der Waals surface area contributed by atoms with Gasteiger partial charge in [-0.1, -0.05) is 54.6 Å². The Kier molecular flexibility index (Phi) is 3.17. The van der Waals surface area contributed by atoms with Crippen molar-refractivity contribution >= 4 is 21.9 Å². The van der Waals surface area contributed by atoms with E-state index < -0.39 is 0 Å². The molecule has 3 aromatic carbocycles. The van der Waals surface area contributed by atoms with Gasteiger partial charge in [0.15, 0.2) is 0 Å². The quantitative estimate of drug-likeness (QED) is 0.484. The number of benzene rings is 3. The first-order valence-electron chi connectivity index (χ1n) is 8.45. The van der Waals surface area contributed by atoms with Gasteiger partial charge < -0.3 is 9.55 Å². The van der Waals surface area contributed by atoms with Crippen molar-refractivity contribution in [2.24, 2.45) is 0 Å². The van der Waals surface area contributed by atoms with E-state index >= 15 is 0 Å². The molecule has 0 fully saturated rings. The van der Waals surface area contributed by atoms with E-state index in [1.54, 1.807) is 0 Å². The molecule has 0 radical (unpaired) electrons. The SMILES string of the molecule is c1ccc(Cn2ccc3ccc(-c4nc5ccccc5[nH]4)cc32)cc1. The summed E-state index contributed by atoms with van der Waals surface area (Å²) in [6.45, 7) is 0.869. The van der Waals surface area contributed by atoms with Gasteiger partial charge in [0.25, 0.3) is 0 Å². The van der Waals surface area contributed by atoms with E-state index in [1.165, 1.54) is 16.5 Å². The summed E-state index contributed by atoms with van der Waals surface area (Å²) in [6.07, 6.45) is 2.15. The van der Waals surface area contributed by atoms with Crippen molar-refractivity contribution in [1.29, 1.82) is 0 Å². The molecule has 3 nitrogen and oxygen atoms in total. The largest absolute Gasteiger partial charge is 0.343 e. The van der Waals surface area contributed by atoms with Crippen LogP contribution in [0.2, 0.25) is 0 Å². The second kappa shape index (κ2) is 5.64. The zero-order valence-electron chi connectivity index (χ0n) is 13.7. The highest BCUT2D eigenvalue weighted by molar-refractivity contribution is 5.86. The average molecular weight is 323 g/mol. The maximum atomic E-state index is 4.72. The summed E-state index contributed by atoms with van der Waals surface area (Å²) in [5, 5.41) is 1.25. The lowest BCUT2D eigenvalue weighted by Gasteiger charge is -2.06. The first-order chi connectivity index (χ1) is 12.4. The van der Waals surface area contributed by atoms with E-state index in [9.17, 15) is 0 Å². The van der Waals surface area contributed by atoms with Gasteiger partial charge in [-0.25, -0.2) is 4.98 Å². The van der Waals surface area contributed by atoms with Gasteiger partial charge in [0.05, 0.1) is 11.0 Å². The molecule has 0 aliphatic carbocycles. The zero-order valence-corrected chi connectivity index (χ0v) is 13.7. The number of aromatic amines is 1. The summed E-state index contributed by atoms with van der Waals surface area (Å²) < 4.78 is 2.29. The Morgan fingerprint density at radius 3 is 2.56 bits per heavy atom. The van der Waals surface area contributed by atoms with E-state index in [2.05, 4.69) is 76.4 Å². The minimum absolute atomic E-state index is 0.869. The summed E-state index contributed by atoms with van der Waals surface area (Å²) in [6, 6.07) is 27.4. The lowest BCUT2D eigenvalue weighted by molar-refractivity contribution is 0.837. The molecule has 0 amide bonds. The summed E-state index contributed by atoms with van der Waals surface area (Å²) in [5.74, 6) is 0.913. The number of hydrogen-bond donors (Lipinski definition) is 1. The number of nitrogens with zero attached hydrogens (tertiary/aromatic N) is 2. The molecule has 120 valence electrons. The minimum Gasteiger partial charge on any atom is -0.343 e. The molecule has 0 unspecified atom stereocenters. The van der Waals surface area contributed by atoms with Gasteiger partial charge >= 0.3 is 0 Å². The predicted octanol–water partition coefficient (Wildman–Crippen LogP) is 5.23. The number of para-hydroxylation sites is 2. The van der Waals surface area contributed by atoms with Crippen molar-refractivity contribution in [3.8, 4) is 11.4 Å². The maximum absolute atomic E-state index is 4.72. The van der Waals surface area contributed by atoms with Gasteiger partial charge in [0, 0.05) is 23.8 Å². The second-order valence-electron chi connectivity index (χ2n) is 6.31. The van der Waals surface area contributed by atoms with Crippen LogP contribution in [0.1, 0.15) is 5.56 Å². The molecular weight excluding hydrogens is 306 g/mol. The van der Waals surface area contributed by atoms with E-state index in [0.29, 0.717) is 0 Å². The molecule has 0 saturated heterocycles. The predicted molar refractivity (Wildman–Crippen MR) is 103 cm³/mol. The minimum atomic E-state index is 0.869. The Bertz CT molecular complexity index is 1130. The molecule has 0 atom stereocenters. The van der Waals surface area contributed by atoms with Crippen LogP contribution >= 0.6 is 0 Å². The van der Waals surface area contributed by atoms with E-state index in [4.69, 9.17) is 4.98 Å². The van der Waals surface area contributed by atoms with Gasteiger partial charge in [-0.15, -0.1) is 0 Å². The molecule has 0 bridgehead atoms. The zero-order chi connectivity index (χ0) is 16.6. The summed E-state index contributed by atoms with van der Waals surface area (Å²) in [4.78, 5) is 8.14. The van der Waals surface area contributed by atoms with Gasteiger partial charge in [-0.2, -0.15) is 0 Å². The number of hydrogen-bond acceptors (Lipinski definition) is 1. The molecule has 0 spiro atoms. The van der Waals surface area contributed by atoms with Crippen molar-refractivity contribution in [3.05, 3.63) is 90.6 Å². The highest BCUT2D eigenvalue weighted by atomic mass is 15.0. The fraction of sp³-hybridized carbons (Fsp3) is 0.0455. The molecule has 25 heavy (non-hydrogen) atoms. The van der Waals surface area contributed by atoms with Gasteiger partial charge in [-0.05, 0) is 35.2 Å². The smallest absolute Gasteiger partial charge is 0.138 e. The monoisotopic (exact) mass is 323 g/mol. The van der Waals surface area contributed by atoms with Crippen LogP contribution in [-0.4, -0.2) is 14.5 Å². The Morgan fingerprint density at radius 2 is 1.68 bits per heavy atom. The van der Waals surface area contributed by atoms with Crippen LogP contribution in [0.4, 0.5) is 0 Å². The van der Waals surface area contributed by atoms with Crippen LogP contribution in [-0.2, 0) is 6.54 Å². The fourth-order valence-electron chi connectivity index (χ4n) is 3.34. The molecule has 0 saturated carbocycles. The van der Waals surface area contributed by atoms with Crippen molar-refractivity contribution < 1.29 is 0 Å². The number of rotatable bonds is 3. The molecule has 2 aromatic heterocycles. The number of nitrogens with one attached hydrogen (secondary N) is 1. The third-order valence-corrected chi connectivity index (χ3v) is 4.63. The average Bonchev–Trinajstić information content (AvgIpc) is 3.26. The summed E-state index contributed by atoms with van der Waals surface area (Å²) in [5.41, 5.74) is 5.70. The molecule has 0 aliphatic heterocycles. The topological polar surface area (TPSA) is 33.6 Å². The molecule has 5 rings (SSSR count). The van der Waals surface area contributed by atoms with E-state index in [0.717, 1.165) is 29.0 Å². The Balaban J connectivity index is 1.59. The van der Waals surface area contributed by atoms with Crippen LogP contribution < -0.4 is 0 Å². The first kappa shape index (κ1) is 14.1. The van der Waals surface area contributed by atoms with Gasteiger partial charge in [-0.3, -0.25) is 0 Å². The fourth-order valence-corrected chi connectivity index (χ4v) is 3.34. The molecular formula is C22H17N3. The van der Waals surface area contributed by atoms with Crippen molar-refractivity contribution in [2.45, 2.75) is 6.54 Å². The Labute approximate surface area is 145 Å². The van der Waals surface area contributed by atoms with Crippen LogP contribution in [0, 0.1) is 0 Å². The number of H-pyrrole nitrogens is 1. The van der Waals surface area contributed by atoms with Crippen molar-refractivity contribution in [2.75, 3.05) is 0 Å². The maximum Gasteiger partial charge on any atom is 0.138 e. The summed E-state index contributed by atoms with van der Waals surface area (Å²) >= 11 is 0. The molecule has 5 aromatic rings. The van der Waals surface area contributed by atoms with Gasteiger partial charge in [0.2, 0.25) is 0 Å². The highest BCUT2D eigenvalue weighted by Crippen LogP contribution is 2.25. The lowest BCUT2D eigenvalue weighted by Crippen LogP contribution is -1.97. The molecule has 3 heteroatoms. The number of fused-ring (bicyclic) bond motifs is 2. The van der Waals surface area contributed by atoms with E-state index in [1.807, 2.05) is 18.2 Å². The summed E-state index contributed by atoms with van der Waals surface area (Å²) in [7, 11) is 0. The van der Waals surface area contributed by atoms with Crippen LogP contribution in [0.15, 0.2) is 85.1 Å². The normalized spacial score (nSPS) is 11.4. The van der Waals surface area contributed by atoms with Gasteiger partial charge in [0.1, 0.15) is 5.82 Å². The Hall–Kier alpha value is -3.33. The van der Waals surface area contributed by atoms with E-state index in [-0.39, 0.29) is 0 Å². The van der Waals surface area contributed by atoms with Crippen LogP contribution in [0.5, 0.6) is 0 Å². The number of imidazole rings is 1. The van der Waals surface area contributed by atoms with Crippen LogP contribution in [0.3, 0.4) is 0 Å². The standard InChI is InChI=1S/C22H17N3/c1-2-6-16(7-3-1)15-25-13-12-17-10-11-18(14-21(17)25)22-23-19-8-4-5-9-20(19)24-22/h1-14H,15H2,(H,23,24). The van der Waals surface area contributed by atoms with Crippen molar-refractivity contribution in [3.63, 3.8) is 0 Å². The molecule has 2 heterocycles. The van der Waals surface area contributed by atoms with Crippen LogP contribution in [0.25, 0.3) is 33.3 Å².